The van der Waals surface area contributed by atoms with Gasteiger partial charge in [-0.05, 0) is 50.8 Å². The Labute approximate surface area is 114 Å². The maximum atomic E-state index is 6.34. The van der Waals surface area contributed by atoms with Gasteiger partial charge in [-0.25, -0.2) is 0 Å². The third kappa shape index (κ3) is 2.36. The smallest absolute Gasteiger partial charge is 0.0639 e. The van der Waals surface area contributed by atoms with Gasteiger partial charge in [-0.1, -0.05) is 23.7 Å². The molecular weight excluding hydrogens is 244 g/mol. The number of halogens is 1. The predicted octanol–water partition coefficient (Wildman–Crippen LogP) is 3.31. The molecule has 1 aromatic carbocycles. The van der Waals surface area contributed by atoms with Gasteiger partial charge in [-0.2, -0.15) is 0 Å². The zero-order chi connectivity index (χ0) is 12.6. The molecule has 3 rings (SSSR count). The van der Waals surface area contributed by atoms with E-state index in [2.05, 4.69) is 29.3 Å². The summed E-state index contributed by atoms with van der Waals surface area (Å²) in [5, 5.41) is 4.63. The number of rotatable bonds is 2. The molecule has 0 radical (unpaired) electrons. The normalized spacial score (nSPS) is 29.1. The van der Waals surface area contributed by atoms with Gasteiger partial charge in [0.25, 0.3) is 0 Å². The van der Waals surface area contributed by atoms with Crippen molar-refractivity contribution in [1.29, 1.82) is 0 Å². The molecular formula is C15H21ClN2. The lowest BCUT2D eigenvalue weighted by Gasteiger charge is -2.35. The van der Waals surface area contributed by atoms with Gasteiger partial charge in [0.2, 0.25) is 0 Å². The van der Waals surface area contributed by atoms with Crippen LogP contribution in [0, 0.1) is 5.92 Å². The molecule has 0 amide bonds. The Hall–Kier alpha value is -0.730. The van der Waals surface area contributed by atoms with Crippen LogP contribution >= 0.6 is 11.6 Å². The van der Waals surface area contributed by atoms with Gasteiger partial charge in [0.1, 0.15) is 0 Å². The van der Waals surface area contributed by atoms with Gasteiger partial charge in [0.15, 0.2) is 0 Å². The minimum absolute atomic E-state index is 0.260. The van der Waals surface area contributed by atoms with Crippen LogP contribution < -0.4 is 10.2 Å². The molecule has 18 heavy (non-hydrogen) atoms. The second-order valence-corrected chi connectivity index (χ2v) is 6.25. The van der Waals surface area contributed by atoms with Crippen LogP contribution in [0.4, 0.5) is 5.69 Å². The molecule has 2 aliphatic rings. The van der Waals surface area contributed by atoms with Crippen molar-refractivity contribution in [2.75, 3.05) is 24.5 Å². The molecule has 2 fully saturated rings. The van der Waals surface area contributed by atoms with Crippen molar-refractivity contribution >= 4 is 17.3 Å². The Balaban J connectivity index is 1.85. The second kappa shape index (κ2) is 4.75. The monoisotopic (exact) mass is 264 g/mol. The molecule has 1 aliphatic heterocycles. The Bertz CT molecular complexity index is 430. The highest BCUT2D eigenvalue weighted by Crippen LogP contribution is 2.41. The quantitative estimate of drug-likeness (QED) is 0.882. The first-order valence-electron chi connectivity index (χ1n) is 6.93. The first-order chi connectivity index (χ1) is 8.69. The predicted molar refractivity (Wildman–Crippen MR) is 77.4 cm³/mol. The summed E-state index contributed by atoms with van der Waals surface area (Å²) in [6, 6.07) is 8.21. The standard InChI is InChI=1S/C15H21ClN2/c1-15(12-7-8-12)11-18(10-4-9-17-15)14-6-3-2-5-13(14)16/h2-3,5-6,12,17H,4,7-11H2,1H3. The Morgan fingerprint density at radius 2 is 2.11 bits per heavy atom. The molecule has 1 aromatic rings. The average molecular weight is 265 g/mol. The number of benzene rings is 1. The zero-order valence-corrected chi connectivity index (χ0v) is 11.7. The lowest BCUT2D eigenvalue weighted by atomic mass is 9.95. The molecule has 1 aliphatic carbocycles. The molecule has 1 unspecified atom stereocenters. The summed E-state index contributed by atoms with van der Waals surface area (Å²) in [6.07, 6.45) is 3.94. The second-order valence-electron chi connectivity index (χ2n) is 5.85. The van der Waals surface area contributed by atoms with Crippen LogP contribution in [-0.2, 0) is 0 Å². The van der Waals surface area contributed by atoms with Crippen LogP contribution in [0.3, 0.4) is 0 Å². The van der Waals surface area contributed by atoms with Crippen molar-refractivity contribution < 1.29 is 0 Å². The van der Waals surface area contributed by atoms with Crippen molar-refractivity contribution in [1.82, 2.24) is 5.32 Å². The summed E-state index contributed by atoms with van der Waals surface area (Å²) in [5.41, 5.74) is 1.45. The van der Waals surface area contributed by atoms with E-state index >= 15 is 0 Å². The summed E-state index contributed by atoms with van der Waals surface area (Å²) < 4.78 is 0. The lowest BCUT2D eigenvalue weighted by Crippen LogP contribution is -2.51. The topological polar surface area (TPSA) is 15.3 Å². The Morgan fingerprint density at radius 1 is 1.33 bits per heavy atom. The van der Waals surface area contributed by atoms with E-state index < -0.39 is 0 Å². The van der Waals surface area contributed by atoms with Crippen LogP contribution in [0.25, 0.3) is 0 Å². The fourth-order valence-corrected chi connectivity index (χ4v) is 3.34. The van der Waals surface area contributed by atoms with E-state index in [4.69, 9.17) is 11.6 Å². The van der Waals surface area contributed by atoms with E-state index in [9.17, 15) is 0 Å². The van der Waals surface area contributed by atoms with Crippen LogP contribution in [0.15, 0.2) is 24.3 Å². The van der Waals surface area contributed by atoms with Crippen molar-refractivity contribution in [3.63, 3.8) is 0 Å². The number of anilines is 1. The molecule has 1 saturated heterocycles. The highest BCUT2D eigenvalue weighted by Gasteiger charge is 2.43. The van der Waals surface area contributed by atoms with E-state index in [-0.39, 0.29) is 5.54 Å². The molecule has 0 bridgehead atoms. The lowest BCUT2D eigenvalue weighted by molar-refractivity contribution is 0.331. The first-order valence-corrected chi connectivity index (χ1v) is 7.31. The summed E-state index contributed by atoms with van der Waals surface area (Å²) in [7, 11) is 0. The highest BCUT2D eigenvalue weighted by molar-refractivity contribution is 6.33. The maximum absolute atomic E-state index is 6.34. The first kappa shape index (κ1) is 12.3. The summed E-state index contributed by atoms with van der Waals surface area (Å²) >= 11 is 6.34. The molecule has 1 saturated carbocycles. The van der Waals surface area contributed by atoms with Crippen LogP contribution in [-0.4, -0.2) is 25.2 Å². The number of hydrogen-bond donors (Lipinski definition) is 1. The van der Waals surface area contributed by atoms with Crippen molar-refractivity contribution in [2.24, 2.45) is 5.92 Å². The number of para-hydroxylation sites is 1. The van der Waals surface area contributed by atoms with E-state index in [0.29, 0.717) is 0 Å². The van der Waals surface area contributed by atoms with Gasteiger partial charge in [-0.3, -0.25) is 0 Å². The third-order valence-electron chi connectivity index (χ3n) is 4.32. The number of hydrogen-bond acceptors (Lipinski definition) is 2. The zero-order valence-electron chi connectivity index (χ0n) is 11.0. The van der Waals surface area contributed by atoms with E-state index in [1.165, 1.54) is 24.9 Å². The van der Waals surface area contributed by atoms with Crippen molar-refractivity contribution in [3.8, 4) is 0 Å². The molecule has 0 aromatic heterocycles. The number of nitrogens with zero attached hydrogens (tertiary/aromatic N) is 1. The fraction of sp³-hybridized carbons (Fsp3) is 0.600. The van der Waals surface area contributed by atoms with Crippen LogP contribution in [0.1, 0.15) is 26.2 Å². The molecule has 2 nitrogen and oxygen atoms in total. The molecule has 0 spiro atoms. The minimum Gasteiger partial charge on any atom is -0.368 e. The molecule has 98 valence electrons. The van der Waals surface area contributed by atoms with Gasteiger partial charge in [0, 0.05) is 18.6 Å². The summed E-state index contributed by atoms with van der Waals surface area (Å²) in [6.45, 7) is 5.66. The molecule has 3 heteroatoms. The molecule has 1 N–H and O–H groups in total. The maximum Gasteiger partial charge on any atom is 0.0639 e. The van der Waals surface area contributed by atoms with Gasteiger partial charge in [0.05, 0.1) is 10.7 Å². The molecule has 1 heterocycles. The van der Waals surface area contributed by atoms with Gasteiger partial charge >= 0.3 is 0 Å². The SMILES string of the molecule is CC1(C2CC2)CN(c2ccccc2Cl)CCCN1. The average Bonchev–Trinajstić information content (AvgIpc) is 3.16. The van der Waals surface area contributed by atoms with Crippen molar-refractivity contribution in [2.45, 2.75) is 31.7 Å². The Morgan fingerprint density at radius 3 is 2.83 bits per heavy atom. The van der Waals surface area contributed by atoms with E-state index in [1.807, 2.05) is 12.1 Å². The van der Waals surface area contributed by atoms with Gasteiger partial charge < -0.3 is 10.2 Å². The Kier molecular flexibility index (Phi) is 3.25. The summed E-state index contributed by atoms with van der Waals surface area (Å²) in [4.78, 5) is 2.46. The minimum atomic E-state index is 0.260. The molecule has 1 atom stereocenters. The number of nitrogens with one attached hydrogen (secondary N) is 1. The van der Waals surface area contributed by atoms with E-state index in [0.717, 1.165) is 30.6 Å². The third-order valence-corrected chi connectivity index (χ3v) is 4.64. The summed E-state index contributed by atoms with van der Waals surface area (Å²) in [5.74, 6) is 0.848. The highest BCUT2D eigenvalue weighted by atomic mass is 35.5. The largest absolute Gasteiger partial charge is 0.368 e. The van der Waals surface area contributed by atoms with Crippen LogP contribution in [0.2, 0.25) is 5.02 Å². The van der Waals surface area contributed by atoms with Crippen molar-refractivity contribution in [3.05, 3.63) is 29.3 Å². The van der Waals surface area contributed by atoms with E-state index in [1.54, 1.807) is 0 Å². The fourth-order valence-electron chi connectivity index (χ4n) is 3.08. The van der Waals surface area contributed by atoms with Crippen LogP contribution in [0.5, 0.6) is 0 Å². The van der Waals surface area contributed by atoms with Gasteiger partial charge in [-0.15, -0.1) is 0 Å².